The molecule has 0 radical (unpaired) electrons. The monoisotopic (exact) mass is 276 g/mol. The van der Waals surface area contributed by atoms with Gasteiger partial charge in [-0.2, -0.15) is 0 Å². The van der Waals surface area contributed by atoms with E-state index >= 15 is 0 Å². The Morgan fingerprint density at radius 3 is 2.75 bits per heavy atom. The lowest BCUT2D eigenvalue weighted by atomic mass is 9.53. The number of phenolic OH excluding ortho intramolecular Hbond substituents is 1. The second kappa shape index (κ2) is 4.47. The zero-order chi connectivity index (χ0) is 14.5. The van der Waals surface area contributed by atoms with E-state index in [1.165, 1.54) is 11.1 Å². The molecular formula is C17H24O3. The molecule has 0 aliphatic heterocycles. The molecule has 3 rings (SSSR count). The molecule has 110 valence electrons. The molecule has 3 heteroatoms. The number of phenols is 1. The van der Waals surface area contributed by atoms with Crippen molar-refractivity contribution in [1.82, 2.24) is 0 Å². The van der Waals surface area contributed by atoms with Crippen LogP contribution in [0, 0.1) is 5.92 Å². The maximum absolute atomic E-state index is 10.4. The molecule has 0 aromatic heterocycles. The largest absolute Gasteiger partial charge is 0.508 e. The van der Waals surface area contributed by atoms with Crippen LogP contribution in [-0.4, -0.2) is 27.0 Å². The van der Waals surface area contributed by atoms with Crippen molar-refractivity contribution < 1.29 is 15.3 Å². The second-order valence-corrected chi connectivity index (χ2v) is 6.87. The number of aliphatic hydroxyl groups excluding tert-OH is 1. The average molecular weight is 276 g/mol. The van der Waals surface area contributed by atoms with Gasteiger partial charge in [-0.25, -0.2) is 0 Å². The van der Waals surface area contributed by atoms with Crippen LogP contribution in [0.5, 0.6) is 5.75 Å². The van der Waals surface area contributed by atoms with Crippen LogP contribution < -0.4 is 0 Å². The Hall–Kier alpha value is -1.06. The van der Waals surface area contributed by atoms with Crippen LogP contribution in [0.15, 0.2) is 18.2 Å². The molecule has 1 saturated carbocycles. The van der Waals surface area contributed by atoms with Gasteiger partial charge in [-0.05, 0) is 68.2 Å². The van der Waals surface area contributed by atoms with Gasteiger partial charge in [0, 0.05) is 5.41 Å². The summed E-state index contributed by atoms with van der Waals surface area (Å²) >= 11 is 0. The van der Waals surface area contributed by atoms with Crippen molar-refractivity contribution in [2.75, 3.05) is 0 Å². The summed E-state index contributed by atoms with van der Waals surface area (Å²) in [5.41, 5.74) is 1.45. The fourth-order valence-corrected chi connectivity index (χ4v) is 4.50. The zero-order valence-corrected chi connectivity index (χ0v) is 12.3. The van der Waals surface area contributed by atoms with Gasteiger partial charge in [0.25, 0.3) is 0 Å². The first-order chi connectivity index (χ1) is 9.39. The van der Waals surface area contributed by atoms with Crippen molar-refractivity contribution in [3.8, 4) is 5.75 Å². The van der Waals surface area contributed by atoms with E-state index in [2.05, 4.69) is 6.92 Å². The highest BCUT2D eigenvalue weighted by atomic mass is 16.3. The van der Waals surface area contributed by atoms with Crippen molar-refractivity contribution in [1.29, 1.82) is 0 Å². The van der Waals surface area contributed by atoms with Gasteiger partial charge in [-0.1, -0.05) is 13.0 Å². The Morgan fingerprint density at radius 2 is 2.05 bits per heavy atom. The second-order valence-electron chi connectivity index (χ2n) is 6.87. The van der Waals surface area contributed by atoms with E-state index in [4.69, 9.17) is 0 Å². The van der Waals surface area contributed by atoms with Crippen LogP contribution >= 0.6 is 0 Å². The van der Waals surface area contributed by atoms with Crippen molar-refractivity contribution in [2.24, 2.45) is 5.92 Å². The van der Waals surface area contributed by atoms with Crippen LogP contribution in [0.25, 0.3) is 0 Å². The summed E-state index contributed by atoms with van der Waals surface area (Å²) in [7, 11) is 0. The van der Waals surface area contributed by atoms with Gasteiger partial charge in [0.1, 0.15) is 5.75 Å². The fourth-order valence-electron chi connectivity index (χ4n) is 4.50. The first kappa shape index (κ1) is 13.9. The standard InChI is InChI=1S/C17H24O3/c1-3-17-10-15(19)16(2,20)9-12(17)5-4-11-8-13(18)6-7-14(11)17/h6-8,12,15,18-20H,3-5,9-10H2,1-2H3/t12-,15+,16+,17-/m1/s1. The molecular weight excluding hydrogens is 252 g/mol. The molecule has 3 N–H and O–H groups in total. The first-order valence-electron chi connectivity index (χ1n) is 7.62. The Morgan fingerprint density at radius 1 is 1.30 bits per heavy atom. The summed E-state index contributed by atoms with van der Waals surface area (Å²) in [6.45, 7) is 3.92. The van der Waals surface area contributed by atoms with Crippen molar-refractivity contribution in [3.05, 3.63) is 29.3 Å². The number of hydrogen-bond donors (Lipinski definition) is 3. The van der Waals surface area contributed by atoms with Gasteiger partial charge >= 0.3 is 0 Å². The third kappa shape index (κ3) is 1.87. The number of rotatable bonds is 1. The molecule has 1 aromatic carbocycles. The molecule has 20 heavy (non-hydrogen) atoms. The summed E-state index contributed by atoms with van der Waals surface area (Å²) in [4.78, 5) is 0. The van der Waals surface area contributed by atoms with Gasteiger partial charge in [-0.15, -0.1) is 0 Å². The third-order valence-electron chi connectivity index (χ3n) is 5.73. The lowest BCUT2D eigenvalue weighted by Crippen LogP contribution is -2.56. The molecule has 2 aliphatic carbocycles. The van der Waals surface area contributed by atoms with Crippen LogP contribution in [-0.2, 0) is 11.8 Å². The summed E-state index contributed by atoms with van der Waals surface area (Å²) in [6.07, 6.45) is 3.51. The van der Waals surface area contributed by atoms with Gasteiger partial charge < -0.3 is 15.3 Å². The Bertz CT molecular complexity index is 523. The van der Waals surface area contributed by atoms with E-state index in [9.17, 15) is 15.3 Å². The van der Waals surface area contributed by atoms with Crippen LogP contribution in [0.4, 0.5) is 0 Å². The molecule has 0 saturated heterocycles. The highest BCUT2D eigenvalue weighted by molar-refractivity contribution is 5.43. The van der Waals surface area contributed by atoms with E-state index in [1.807, 2.05) is 12.1 Å². The van der Waals surface area contributed by atoms with E-state index in [0.717, 1.165) is 19.3 Å². The van der Waals surface area contributed by atoms with E-state index < -0.39 is 11.7 Å². The molecule has 1 aromatic rings. The quantitative estimate of drug-likeness (QED) is 0.738. The lowest BCUT2D eigenvalue weighted by Gasteiger charge is -2.54. The highest BCUT2D eigenvalue weighted by Crippen LogP contribution is 2.54. The predicted molar refractivity (Wildman–Crippen MR) is 77.8 cm³/mol. The highest BCUT2D eigenvalue weighted by Gasteiger charge is 2.53. The van der Waals surface area contributed by atoms with Crippen LogP contribution in [0.2, 0.25) is 0 Å². The predicted octanol–water partition coefficient (Wildman–Crippen LogP) is 2.51. The number of fused-ring (bicyclic) bond motifs is 3. The Balaban J connectivity index is 2.09. The number of benzene rings is 1. The topological polar surface area (TPSA) is 60.7 Å². The summed E-state index contributed by atoms with van der Waals surface area (Å²) < 4.78 is 0. The molecule has 0 bridgehead atoms. The molecule has 2 aliphatic rings. The minimum absolute atomic E-state index is 0.0526. The third-order valence-corrected chi connectivity index (χ3v) is 5.73. The number of aliphatic hydroxyl groups is 2. The molecule has 1 fully saturated rings. The summed E-state index contributed by atoms with van der Waals surface area (Å²) in [6, 6.07) is 5.63. The normalized spacial score (nSPS) is 40.0. The number of aromatic hydroxyl groups is 1. The first-order valence-corrected chi connectivity index (χ1v) is 7.62. The molecule has 0 spiro atoms. The van der Waals surface area contributed by atoms with Crippen molar-refractivity contribution >= 4 is 0 Å². The van der Waals surface area contributed by atoms with Gasteiger partial charge in [0.15, 0.2) is 0 Å². The maximum Gasteiger partial charge on any atom is 0.115 e. The Labute approximate surface area is 120 Å². The minimum atomic E-state index is -0.974. The van der Waals surface area contributed by atoms with E-state index in [1.54, 1.807) is 13.0 Å². The van der Waals surface area contributed by atoms with Gasteiger partial charge in [0.2, 0.25) is 0 Å². The van der Waals surface area contributed by atoms with Crippen molar-refractivity contribution in [3.63, 3.8) is 0 Å². The Kier molecular flexibility index (Phi) is 3.11. The van der Waals surface area contributed by atoms with E-state index in [0.29, 0.717) is 24.5 Å². The number of aryl methyl sites for hydroxylation is 1. The van der Waals surface area contributed by atoms with Gasteiger partial charge in [-0.3, -0.25) is 0 Å². The fraction of sp³-hybridized carbons (Fsp3) is 0.647. The molecule has 0 heterocycles. The molecule has 0 amide bonds. The lowest BCUT2D eigenvalue weighted by molar-refractivity contribution is -0.129. The summed E-state index contributed by atoms with van der Waals surface area (Å²) in [5.74, 6) is 0.722. The van der Waals surface area contributed by atoms with E-state index in [-0.39, 0.29) is 5.41 Å². The summed E-state index contributed by atoms with van der Waals surface area (Å²) in [5, 5.41) is 30.4. The van der Waals surface area contributed by atoms with Crippen LogP contribution in [0.1, 0.15) is 50.7 Å². The average Bonchev–Trinajstić information content (AvgIpc) is 2.39. The molecule has 3 nitrogen and oxygen atoms in total. The molecule has 4 atom stereocenters. The van der Waals surface area contributed by atoms with Crippen molar-refractivity contribution in [2.45, 2.75) is 63.1 Å². The minimum Gasteiger partial charge on any atom is -0.508 e. The number of hydrogen-bond acceptors (Lipinski definition) is 3. The smallest absolute Gasteiger partial charge is 0.115 e. The van der Waals surface area contributed by atoms with Crippen LogP contribution in [0.3, 0.4) is 0 Å². The SMILES string of the molecule is CC[C@@]12C[C@H](O)[C@@](C)(O)C[C@H]1CCc1cc(O)ccc12. The molecule has 0 unspecified atom stereocenters. The maximum atomic E-state index is 10.4. The van der Waals surface area contributed by atoms with Gasteiger partial charge in [0.05, 0.1) is 11.7 Å². The zero-order valence-electron chi connectivity index (χ0n) is 12.3.